The van der Waals surface area contributed by atoms with Crippen LogP contribution in [0.3, 0.4) is 0 Å². The summed E-state index contributed by atoms with van der Waals surface area (Å²) in [5.41, 5.74) is 5.80. The van der Waals surface area contributed by atoms with Gasteiger partial charge in [0.15, 0.2) is 0 Å². The first-order valence-electron chi connectivity index (χ1n) is 7.76. The monoisotopic (exact) mass is 346 g/mol. The summed E-state index contributed by atoms with van der Waals surface area (Å²) < 4.78 is 6.94. The molecule has 0 amide bonds. The molecule has 1 aromatic carbocycles. The number of rotatable bonds is 4. The third-order valence-corrected chi connectivity index (χ3v) is 4.69. The molecule has 0 aliphatic heterocycles. The fourth-order valence-electron chi connectivity index (χ4n) is 2.90. The first-order chi connectivity index (χ1) is 11.2. The molecule has 0 bridgehead atoms. The van der Waals surface area contributed by atoms with E-state index in [1.807, 2.05) is 34.6 Å². The lowest BCUT2D eigenvalue weighted by Crippen LogP contribution is -2.08. The van der Waals surface area contributed by atoms with Crippen molar-refractivity contribution in [2.45, 2.75) is 34.6 Å². The number of aromatic nitrogens is 2. The summed E-state index contributed by atoms with van der Waals surface area (Å²) in [5.74, 6) is 0.363. The lowest BCUT2D eigenvalue weighted by atomic mass is 9.91. The highest BCUT2D eigenvalue weighted by atomic mass is 35.5. The Bertz CT molecular complexity index is 844. The Morgan fingerprint density at radius 3 is 2.33 bits per heavy atom. The number of halogens is 1. The van der Waals surface area contributed by atoms with Crippen molar-refractivity contribution in [2.75, 3.05) is 7.11 Å². The number of carbonyl (C=O) groups is 1. The van der Waals surface area contributed by atoms with E-state index in [0.717, 1.165) is 16.7 Å². The quantitative estimate of drug-likeness (QED) is 0.751. The first kappa shape index (κ1) is 18.3. The minimum Gasteiger partial charge on any atom is -0.481 e. The standard InChI is InChI=1S/C19H23ClN2O2/c1-10(2)11(3)16-12(4)14(8-9-15(16)20)18(23)17-13(5)21-22(6)19(17)24-7/h8-9H,1-7H3. The van der Waals surface area contributed by atoms with Crippen LogP contribution in [-0.4, -0.2) is 22.7 Å². The molecule has 2 aromatic rings. The maximum Gasteiger partial charge on any atom is 0.223 e. The lowest BCUT2D eigenvalue weighted by molar-refractivity contribution is 0.103. The Labute approximate surface area is 148 Å². The highest BCUT2D eigenvalue weighted by Gasteiger charge is 2.25. The molecule has 24 heavy (non-hydrogen) atoms. The van der Waals surface area contributed by atoms with E-state index in [0.29, 0.717) is 27.7 Å². The normalized spacial score (nSPS) is 10.7. The van der Waals surface area contributed by atoms with Crippen LogP contribution >= 0.6 is 11.6 Å². The van der Waals surface area contributed by atoms with Gasteiger partial charge in [-0.2, -0.15) is 5.10 Å². The fourth-order valence-corrected chi connectivity index (χ4v) is 3.25. The summed E-state index contributed by atoms with van der Waals surface area (Å²) in [6.45, 7) is 9.83. The highest BCUT2D eigenvalue weighted by molar-refractivity contribution is 6.32. The zero-order chi connectivity index (χ0) is 18.2. The second-order valence-electron chi connectivity index (χ2n) is 6.14. The van der Waals surface area contributed by atoms with Gasteiger partial charge in [0.1, 0.15) is 5.56 Å². The average molecular weight is 347 g/mol. The van der Waals surface area contributed by atoms with Crippen LogP contribution in [0.5, 0.6) is 5.88 Å². The molecule has 5 heteroatoms. The SMILES string of the molecule is COc1c(C(=O)c2ccc(Cl)c(C(C)=C(C)C)c2C)c(C)nn1C. The number of methoxy groups -OCH3 is 1. The van der Waals surface area contributed by atoms with Crippen molar-refractivity contribution in [3.63, 3.8) is 0 Å². The summed E-state index contributed by atoms with van der Waals surface area (Å²) in [7, 11) is 3.30. The number of hydrogen-bond acceptors (Lipinski definition) is 3. The van der Waals surface area contributed by atoms with Crippen molar-refractivity contribution in [2.24, 2.45) is 7.05 Å². The molecule has 0 unspecified atom stereocenters. The number of allylic oxidation sites excluding steroid dienone is 2. The number of carbonyl (C=O) groups excluding carboxylic acids is 1. The molecule has 1 heterocycles. The largest absolute Gasteiger partial charge is 0.481 e. The van der Waals surface area contributed by atoms with Crippen LogP contribution < -0.4 is 4.74 Å². The maximum absolute atomic E-state index is 13.1. The predicted octanol–water partition coefficient (Wildman–Crippen LogP) is 4.74. The van der Waals surface area contributed by atoms with E-state index in [2.05, 4.69) is 5.10 Å². The second kappa shape index (κ2) is 6.81. The third-order valence-electron chi connectivity index (χ3n) is 4.37. The minimum absolute atomic E-state index is 0.102. The Kier molecular flexibility index (Phi) is 5.19. The van der Waals surface area contributed by atoms with Gasteiger partial charge in [-0.05, 0) is 63.5 Å². The molecule has 0 aliphatic rings. The molecule has 0 spiro atoms. The Morgan fingerprint density at radius 1 is 1.17 bits per heavy atom. The number of nitrogens with zero attached hydrogens (tertiary/aromatic N) is 2. The van der Waals surface area contributed by atoms with E-state index in [-0.39, 0.29) is 5.78 Å². The number of benzene rings is 1. The van der Waals surface area contributed by atoms with Crippen LogP contribution in [-0.2, 0) is 7.05 Å². The maximum atomic E-state index is 13.1. The van der Waals surface area contributed by atoms with Crippen LogP contribution in [0.2, 0.25) is 5.02 Å². The molecule has 0 atom stereocenters. The van der Waals surface area contributed by atoms with Gasteiger partial charge in [0.25, 0.3) is 0 Å². The molecule has 128 valence electrons. The smallest absolute Gasteiger partial charge is 0.223 e. The number of ether oxygens (including phenoxy) is 1. The molecule has 0 aliphatic carbocycles. The van der Waals surface area contributed by atoms with Crippen molar-refractivity contribution < 1.29 is 9.53 Å². The fraction of sp³-hybridized carbons (Fsp3) is 0.368. The van der Waals surface area contributed by atoms with Crippen LogP contribution in [0, 0.1) is 13.8 Å². The molecule has 0 N–H and O–H groups in total. The van der Waals surface area contributed by atoms with Crippen molar-refractivity contribution in [3.8, 4) is 5.88 Å². The average Bonchev–Trinajstić information content (AvgIpc) is 2.80. The summed E-state index contributed by atoms with van der Waals surface area (Å²) in [6, 6.07) is 3.55. The molecule has 0 saturated carbocycles. The van der Waals surface area contributed by atoms with E-state index in [4.69, 9.17) is 16.3 Å². The molecular weight excluding hydrogens is 324 g/mol. The number of aryl methyl sites for hydroxylation is 2. The van der Waals surface area contributed by atoms with Crippen LogP contribution in [0.25, 0.3) is 5.57 Å². The number of hydrogen-bond donors (Lipinski definition) is 0. The van der Waals surface area contributed by atoms with Gasteiger partial charge in [0, 0.05) is 17.6 Å². The third kappa shape index (κ3) is 2.98. The van der Waals surface area contributed by atoms with Crippen molar-refractivity contribution >= 4 is 23.0 Å². The minimum atomic E-state index is -0.102. The predicted molar refractivity (Wildman–Crippen MR) is 98.1 cm³/mol. The topological polar surface area (TPSA) is 44.1 Å². The van der Waals surface area contributed by atoms with Gasteiger partial charge in [0.05, 0.1) is 12.8 Å². The molecule has 0 fully saturated rings. The van der Waals surface area contributed by atoms with Gasteiger partial charge in [-0.25, -0.2) is 4.68 Å². The first-order valence-corrected chi connectivity index (χ1v) is 8.14. The Hall–Kier alpha value is -2.07. The summed E-state index contributed by atoms with van der Waals surface area (Å²) >= 11 is 6.40. The lowest BCUT2D eigenvalue weighted by Gasteiger charge is -2.15. The summed E-state index contributed by atoms with van der Waals surface area (Å²) in [4.78, 5) is 13.1. The molecule has 2 rings (SSSR count). The highest BCUT2D eigenvalue weighted by Crippen LogP contribution is 2.33. The molecule has 0 saturated heterocycles. The van der Waals surface area contributed by atoms with E-state index in [9.17, 15) is 4.79 Å². The van der Waals surface area contributed by atoms with Crippen LogP contribution in [0.15, 0.2) is 17.7 Å². The Morgan fingerprint density at radius 2 is 1.79 bits per heavy atom. The van der Waals surface area contributed by atoms with Gasteiger partial charge in [-0.3, -0.25) is 4.79 Å². The van der Waals surface area contributed by atoms with E-state index in [1.54, 1.807) is 31.0 Å². The van der Waals surface area contributed by atoms with Gasteiger partial charge in [0.2, 0.25) is 11.7 Å². The van der Waals surface area contributed by atoms with Gasteiger partial charge in [-0.15, -0.1) is 0 Å². The molecule has 1 aromatic heterocycles. The van der Waals surface area contributed by atoms with Crippen molar-refractivity contribution in [1.29, 1.82) is 0 Å². The molecule has 0 radical (unpaired) electrons. The van der Waals surface area contributed by atoms with E-state index in [1.165, 1.54) is 5.57 Å². The van der Waals surface area contributed by atoms with E-state index < -0.39 is 0 Å². The van der Waals surface area contributed by atoms with Gasteiger partial charge in [-0.1, -0.05) is 17.2 Å². The molecular formula is C19H23ClN2O2. The van der Waals surface area contributed by atoms with Gasteiger partial charge >= 0.3 is 0 Å². The molecule has 4 nitrogen and oxygen atoms in total. The zero-order valence-electron chi connectivity index (χ0n) is 15.2. The summed E-state index contributed by atoms with van der Waals surface area (Å²) in [6.07, 6.45) is 0. The number of ketones is 1. The zero-order valence-corrected chi connectivity index (χ0v) is 16.0. The van der Waals surface area contributed by atoms with Crippen molar-refractivity contribution in [1.82, 2.24) is 9.78 Å². The van der Waals surface area contributed by atoms with Crippen LogP contribution in [0.1, 0.15) is 53.5 Å². The van der Waals surface area contributed by atoms with Gasteiger partial charge < -0.3 is 4.74 Å². The van der Waals surface area contributed by atoms with Crippen molar-refractivity contribution in [3.05, 3.63) is 50.7 Å². The summed E-state index contributed by atoms with van der Waals surface area (Å²) in [5, 5.41) is 4.95. The van der Waals surface area contributed by atoms with Crippen LogP contribution in [0.4, 0.5) is 0 Å². The Balaban J connectivity index is 2.69. The van der Waals surface area contributed by atoms with E-state index >= 15 is 0 Å². The second-order valence-corrected chi connectivity index (χ2v) is 6.55.